The fourth-order valence-electron chi connectivity index (χ4n) is 2.86. The summed E-state index contributed by atoms with van der Waals surface area (Å²) in [7, 11) is 1.60. The number of carbonyl (C=O) groups is 1. The molecule has 0 atom stereocenters. The lowest BCUT2D eigenvalue weighted by Gasteiger charge is -2.19. The zero-order valence-corrected chi connectivity index (χ0v) is 16.0. The molecule has 0 unspecified atom stereocenters. The average Bonchev–Trinajstić information content (AvgIpc) is 3.31. The van der Waals surface area contributed by atoms with Gasteiger partial charge in [-0.1, -0.05) is 29.8 Å². The van der Waals surface area contributed by atoms with Crippen molar-refractivity contribution in [1.82, 2.24) is 0 Å². The number of rotatable bonds is 4. The molecule has 0 aliphatic carbocycles. The predicted molar refractivity (Wildman–Crippen MR) is 111 cm³/mol. The maximum absolute atomic E-state index is 13.2. The number of anilines is 1. The van der Waals surface area contributed by atoms with Gasteiger partial charge in [0.2, 0.25) is 0 Å². The fourth-order valence-corrected chi connectivity index (χ4v) is 3.64. The van der Waals surface area contributed by atoms with Crippen LogP contribution in [-0.2, 0) is 4.79 Å². The summed E-state index contributed by atoms with van der Waals surface area (Å²) in [5.41, 5.74) is 1.83. The normalized spacial score (nSPS) is 15.3. The van der Waals surface area contributed by atoms with Crippen LogP contribution in [0, 0.1) is 0 Å². The lowest BCUT2D eigenvalue weighted by Crippen LogP contribution is -2.32. The molecule has 2 aromatic carbocycles. The number of para-hydroxylation sites is 1. The monoisotopic (exact) mass is 394 g/mol. The van der Waals surface area contributed by atoms with Crippen LogP contribution in [0.5, 0.6) is 5.75 Å². The Bertz CT molecular complexity index is 1040. The summed E-state index contributed by atoms with van der Waals surface area (Å²) in [4.78, 5) is 20.4. The van der Waals surface area contributed by atoms with Crippen molar-refractivity contribution in [3.8, 4) is 5.75 Å². The molecule has 1 aliphatic heterocycles. The SMILES string of the molecule is COc1ccccc1C1=N/C(=C/c2cccs2)C(=O)N1c1ccc(Cl)cc1. The summed E-state index contributed by atoms with van der Waals surface area (Å²) in [6.07, 6.45) is 1.80. The molecule has 2 heterocycles. The molecule has 3 aromatic rings. The minimum absolute atomic E-state index is 0.188. The molecule has 1 amide bonds. The van der Waals surface area contributed by atoms with Gasteiger partial charge in [0, 0.05) is 9.90 Å². The molecule has 4 rings (SSSR count). The zero-order valence-electron chi connectivity index (χ0n) is 14.4. The topological polar surface area (TPSA) is 41.9 Å². The van der Waals surface area contributed by atoms with Crippen LogP contribution in [0.3, 0.4) is 0 Å². The number of methoxy groups -OCH3 is 1. The molecule has 0 saturated heterocycles. The second-order valence-electron chi connectivity index (χ2n) is 5.80. The van der Waals surface area contributed by atoms with Gasteiger partial charge in [0.15, 0.2) is 5.84 Å². The van der Waals surface area contributed by atoms with E-state index >= 15 is 0 Å². The Balaban J connectivity index is 1.86. The summed E-state index contributed by atoms with van der Waals surface area (Å²) < 4.78 is 5.48. The maximum atomic E-state index is 13.2. The number of carbonyl (C=O) groups excluding carboxylic acids is 1. The second kappa shape index (κ2) is 7.39. The number of ether oxygens (including phenoxy) is 1. The van der Waals surface area contributed by atoms with Crippen LogP contribution in [0.2, 0.25) is 5.02 Å². The van der Waals surface area contributed by atoms with Crippen molar-refractivity contribution >= 4 is 46.4 Å². The average molecular weight is 395 g/mol. The number of hydrogen-bond donors (Lipinski definition) is 0. The number of benzene rings is 2. The van der Waals surface area contributed by atoms with Crippen LogP contribution in [0.4, 0.5) is 5.69 Å². The Morgan fingerprint density at radius 3 is 2.56 bits per heavy atom. The van der Waals surface area contributed by atoms with Gasteiger partial charge >= 0.3 is 0 Å². The van der Waals surface area contributed by atoms with E-state index in [2.05, 4.69) is 4.99 Å². The first kappa shape index (κ1) is 17.5. The quantitative estimate of drug-likeness (QED) is 0.567. The highest BCUT2D eigenvalue weighted by Crippen LogP contribution is 2.32. The summed E-state index contributed by atoms with van der Waals surface area (Å²) in [6, 6.07) is 18.5. The molecule has 0 spiro atoms. The highest BCUT2D eigenvalue weighted by molar-refractivity contribution is 7.10. The van der Waals surface area contributed by atoms with Crippen LogP contribution in [0.15, 0.2) is 76.7 Å². The van der Waals surface area contributed by atoms with Gasteiger partial charge in [-0.3, -0.25) is 9.69 Å². The minimum atomic E-state index is -0.188. The van der Waals surface area contributed by atoms with Gasteiger partial charge < -0.3 is 4.74 Å². The van der Waals surface area contributed by atoms with Gasteiger partial charge in [-0.05, 0) is 53.9 Å². The van der Waals surface area contributed by atoms with E-state index in [0.29, 0.717) is 28.0 Å². The third kappa shape index (κ3) is 3.39. The first-order chi connectivity index (χ1) is 13.2. The smallest absolute Gasteiger partial charge is 0.282 e. The minimum Gasteiger partial charge on any atom is -0.496 e. The molecule has 4 nitrogen and oxygen atoms in total. The second-order valence-corrected chi connectivity index (χ2v) is 7.21. The third-order valence-corrected chi connectivity index (χ3v) is 5.19. The summed E-state index contributed by atoms with van der Waals surface area (Å²) in [5, 5.41) is 2.57. The molecule has 0 saturated carbocycles. The molecular weight excluding hydrogens is 380 g/mol. The maximum Gasteiger partial charge on any atom is 0.282 e. The number of amides is 1. The molecule has 0 N–H and O–H groups in total. The number of nitrogens with zero attached hydrogens (tertiary/aromatic N) is 2. The van der Waals surface area contributed by atoms with Gasteiger partial charge in [0.1, 0.15) is 11.4 Å². The van der Waals surface area contributed by atoms with Crippen molar-refractivity contribution in [3.05, 3.63) is 87.2 Å². The number of amidine groups is 1. The van der Waals surface area contributed by atoms with Crippen LogP contribution in [0.1, 0.15) is 10.4 Å². The Kier molecular flexibility index (Phi) is 4.79. The predicted octanol–water partition coefficient (Wildman–Crippen LogP) is 5.24. The highest BCUT2D eigenvalue weighted by atomic mass is 35.5. The highest BCUT2D eigenvalue weighted by Gasteiger charge is 2.33. The van der Waals surface area contributed by atoms with Crippen molar-refractivity contribution in [2.24, 2.45) is 4.99 Å². The van der Waals surface area contributed by atoms with E-state index in [0.717, 1.165) is 10.4 Å². The lowest BCUT2D eigenvalue weighted by molar-refractivity contribution is -0.113. The lowest BCUT2D eigenvalue weighted by atomic mass is 10.1. The van der Waals surface area contributed by atoms with E-state index in [1.54, 1.807) is 53.7 Å². The molecule has 0 radical (unpaired) electrons. The Labute approximate surface area is 166 Å². The van der Waals surface area contributed by atoms with E-state index in [1.807, 2.05) is 41.8 Å². The summed E-state index contributed by atoms with van der Waals surface area (Å²) in [5.74, 6) is 0.995. The van der Waals surface area contributed by atoms with Crippen molar-refractivity contribution in [2.75, 3.05) is 12.0 Å². The van der Waals surface area contributed by atoms with Crippen molar-refractivity contribution < 1.29 is 9.53 Å². The van der Waals surface area contributed by atoms with Gasteiger partial charge in [-0.2, -0.15) is 0 Å². The fraction of sp³-hybridized carbons (Fsp3) is 0.0476. The van der Waals surface area contributed by atoms with Crippen molar-refractivity contribution in [3.63, 3.8) is 0 Å². The van der Waals surface area contributed by atoms with Crippen molar-refractivity contribution in [2.45, 2.75) is 0 Å². The largest absolute Gasteiger partial charge is 0.496 e. The molecular formula is C21H15ClN2O2S. The molecule has 0 bridgehead atoms. The van der Waals surface area contributed by atoms with E-state index in [1.165, 1.54) is 0 Å². The molecule has 0 fully saturated rings. The van der Waals surface area contributed by atoms with Crippen LogP contribution in [-0.4, -0.2) is 18.9 Å². The van der Waals surface area contributed by atoms with Gasteiger partial charge in [-0.25, -0.2) is 4.99 Å². The van der Waals surface area contributed by atoms with E-state index in [-0.39, 0.29) is 5.91 Å². The van der Waals surface area contributed by atoms with Crippen LogP contribution < -0.4 is 9.64 Å². The number of halogens is 1. The van der Waals surface area contributed by atoms with Crippen LogP contribution >= 0.6 is 22.9 Å². The summed E-state index contributed by atoms with van der Waals surface area (Å²) >= 11 is 7.57. The molecule has 6 heteroatoms. The molecule has 27 heavy (non-hydrogen) atoms. The van der Waals surface area contributed by atoms with Gasteiger partial charge in [-0.15, -0.1) is 11.3 Å². The standard InChI is InChI=1S/C21H15ClN2O2S/c1-26-19-7-3-2-6-17(19)20-23-18(13-16-5-4-12-27-16)21(25)24(20)15-10-8-14(22)9-11-15/h2-13H,1H3/b18-13+. The number of hydrogen-bond acceptors (Lipinski definition) is 4. The van der Waals surface area contributed by atoms with E-state index in [4.69, 9.17) is 16.3 Å². The Hall–Kier alpha value is -2.89. The summed E-state index contributed by atoms with van der Waals surface area (Å²) in [6.45, 7) is 0. The van der Waals surface area contributed by atoms with Crippen LogP contribution in [0.25, 0.3) is 6.08 Å². The van der Waals surface area contributed by atoms with E-state index < -0.39 is 0 Å². The molecule has 1 aromatic heterocycles. The van der Waals surface area contributed by atoms with Gasteiger partial charge in [0.05, 0.1) is 18.4 Å². The Morgan fingerprint density at radius 2 is 1.85 bits per heavy atom. The van der Waals surface area contributed by atoms with Gasteiger partial charge in [0.25, 0.3) is 5.91 Å². The van der Waals surface area contributed by atoms with E-state index in [9.17, 15) is 4.79 Å². The zero-order chi connectivity index (χ0) is 18.8. The number of thiophene rings is 1. The first-order valence-electron chi connectivity index (χ1n) is 8.24. The Morgan fingerprint density at radius 1 is 1.07 bits per heavy atom. The third-order valence-electron chi connectivity index (χ3n) is 4.12. The molecule has 1 aliphatic rings. The molecule has 134 valence electrons. The first-order valence-corrected chi connectivity index (χ1v) is 9.50. The van der Waals surface area contributed by atoms with Crippen molar-refractivity contribution in [1.29, 1.82) is 0 Å². The number of aliphatic imine (C=N–C) groups is 1.